The van der Waals surface area contributed by atoms with Gasteiger partial charge < -0.3 is 0 Å². The minimum atomic E-state index is 0.952. The standard InChI is InChI=1S/C6H8NS/c1-2-3-6-7-4-5-8-6/h4-5H,1-3H2. The Kier molecular flexibility index (Phi) is 2.03. The molecule has 0 N–H and O–H groups in total. The monoisotopic (exact) mass is 126 g/mol. The summed E-state index contributed by atoms with van der Waals surface area (Å²) < 4.78 is 0. The first-order valence-corrected chi connectivity index (χ1v) is 3.49. The van der Waals surface area contributed by atoms with E-state index in [0.717, 1.165) is 12.8 Å². The molecule has 1 rings (SSSR count). The lowest BCUT2D eigenvalue weighted by Crippen LogP contribution is -1.77. The Labute approximate surface area is 53.4 Å². The Morgan fingerprint density at radius 3 is 3.12 bits per heavy atom. The molecule has 0 unspecified atom stereocenters. The molecule has 0 saturated heterocycles. The number of nitrogens with zero attached hydrogens (tertiary/aromatic N) is 1. The molecule has 0 saturated carbocycles. The zero-order chi connectivity index (χ0) is 5.82. The second kappa shape index (κ2) is 2.82. The van der Waals surface area contributed by atoms with Crippen LogP contribution in [0.1, 0.15) is 11.4 Å². The third kappa shape index (κ3) is 1.30. The van der Waals surface area contributed by atoms with Crippen LogP contribution in [0.25, 0.3) is 0 Å². The average molecular weight is 126 g/mol. The summed E-state index contributed by atoms with van der Waals surface area (Å²) in [5.41, 5.74) is 0. The zero-order valence-electron chi connectivity index (χ0n) is 4.63. The number of hydrogen-bond donors (Lipinski definition) is 0. The van der Waals surface area contributed by atoms with Gasteiger partial charge in [0, 0.05) is 11.6 Å². The lowest BCUT2D eigenvalue weighted by atomic mass is 10.4. The van der Waals surface area contributed by atoms with E-state index in [1.54, 1.807) is 11.3 Å². The quantitative estimate of drug-likeness (QED) is 0.590. The fourth-order valence-electron chi connectivity index (χ4n) is 0.528. The van der Waals surface area contributed by atoms with Crippen LogP contribution in [-0.2, 0) is 6.42 Å². The maximum Gasteiger partial charge on any atom is 0.0924 e. The van der Waals surface area contributed by atoms with Crippen molar-refractivity contribution in [3.05, 3.63) is 23.5 Å². The molecule has 1 aromatic rings. The van der Waals surface area contributed by atoms with Gasteiger partial charge in [-0.1, -0.05) is 6.92 Å². The lowest BCUT2D eigenvalue weighted by Gasteiger charge is -1.84. The van der Waals surface area contributed by atoms with Gasteiger partial charge in [0.1, 0.15) is 0 Å². The maximum absolute atomic E-state index is 4.08. The van der Waals surface area contributed by atoms with Gasteiger partial charge in [-0.3, -0.25) is 0 Å². The highest BCUT2D eigenvalue weighted by Crippen LogP contribution is 2.05. The van der Waals surface area contributed by atoms with E-state index >= 15 is 0 Å². The summed E-state index contributed by atoms with van der Waals surface area (Å²) in [4.78, 5) is 4.08. The van der Waals surface area contributed by atoms with E-state index in [1.807, 2.05) is 11.6 Å². The van der Waals surface area contributed by atoms with E-state index in [0.29, 0.717) is 0 Å². The smallest absolute Gasteiger partial charge is 0.0924 e. The predicted octanol–water partition coefficient (Wildman–Crippen LogP) is 1.91. The van der Waals surface area contributed by atoms with E-state index in [2.05, 4.69) is 11.9 Å². The molecule has 1 aromatic heterocycles. The normalized spacial score (nSPS) is 9.62. The van der Waals surface area contributed by atoms with Gasteiger partial charge in [0.25, 0.3) is 0 Å². The number of aromatic nitrogens is 1. The van der Waals surface area contributed by atoms with Crippen LogP contribution in [0.4, 0.5) is 0 Å². The summed E-state index contributed by atoms with van der Waals surface area (Å²) in [5, 5.41) is 3.19. The average Bonchev–Trinajstić information content (AvgIpc) is 2.19. The van der Waals surface area contributed by atoms with E-state index in [4.69, 9.17) is 0 Å². The zero-order valence-corrected chi connectivity index (χ0v) is 5.45. The van der Waals surface area contributed by atoms with E-state index < -0.39 is 0 Å². The Hall–Kier alpha value is -0.370. The topological polar surface area (TPSA) is 12.9 Å². The molecule has 0 fully saturated rings. The number of thiazole rings is 1. The van der Waals surface area contributed by atoms with Crippen LogP contribution in [0.2, 0.25) is 0 Å². The highest BCUT2D eigenvalue weighted by Gasteiger charge is 1.88. The fraction of sp³-hybridized carbons (Fsp3) is 0.333. The number of aryl methyl sites for hydroxylation is 1. The van der Waals surface area contributed by atoms with Crippen LogP contribution in [0, 0.1) is 6.92 Å². The minimum Gasteiger partial charge on any atom is -0.250 e. The van der Waals surface area contributed by atoms with Gasteiger partial charge in [-0.25, -0.2) is 4.98 Å². The van der Waals surface area contributed by atoms with Crippen molar-refractivity contribution >= 4 is 11.3 Å². The molecule has 8 heavy (non-hydrogen) atoms. The molecule has 1 heterocycles. The van der Waals surface area contributed by atoms with Crippen LogP contribution in [0.3, 0.4) is 0 Å². The van der Waals surface area contributed by atoms with Crippen molar-refractivity contribution in [3.8, 4) is 0 Å². The van der Waals surface area contributed by atoms with Crippen molar-refractivity contribution in [2.75, 3.05) is 0 Å². The molecule has 1 nitrogen and oxygen atoms in total. The van der Waals surface area contributed by atoms with E-state index in [1.165, 1.54) is 5.01 Å². The molecule has 0 atom stereocenters. The Bertz CT molecular complexity index is 134. The molecule has 0 aromatic carbocycles. The van der Waals surface area contributed by atoms with Crippen molar-refractivity contribution in [2.24, 2.45) is 0 Å². The maximum atomic E-state index is 4.08. The van der Waals surface area contributed by atoms with Crippen LogP contribution in [0.15, 0.2) is 11.6 Å². The van der Waals surface area contributed by atoms with Gasteiger partial charge in [0.15, 0.2) is 0 Å². The van der Waals surface area contributed by atoms with Crippen molar-refractivity contribution in [1.82, 2.24) is 4.98 Å². The number of hydrogen-bond acceptors (Lipinski definition) is 2. The molecule has 0 aliphatic rings. The largest absolute Gasteiger partial charge is 0.250 e. The van der Waals surface area contributed by atoms with Crippen LogP contribution in [0.5, 0.6) is 0 Å². The minimum absolute atomic E-state index is 0.952. The van der Waals surface area contributed by atoms with Gasteiger partial charge in [0.05, 0.1) is 5.01 Å². The summed E-state index contributed by atoms with van der Waals surface area (Å²) in [5.74, 6) is 0. The van der Waals surface area contributed by atoms with E-state index in [9.17, 15) is 0 Å². The molecular weight excluding hydrogens is 118 g/mol. The highest BCUT2D eigenvalue weighted by molar-refractivity contribution is 7.09. The van der Waals surface area contributed by atoms with Crippen molar-refractivity contribution in [3.63, 3.8) is 0 Å². The van der Waals surface area contributed by atoms with Crippen molar-refractivity contribution in [2.45, 2.75) is 12.8 Å². The third-order valence-electron chi connectivity index (χ3n) is 0.874. The van der Waals surface area contributed by atoms with Crippen LogP contribution in [-0.4, -0.2) is 4.98 Å². The third-order valence-corrected chi connectivity index (χ3v) is 1.71. The fourth-order valence-corrected chi connectivity index (χ4v) is 1.19. The molecule has 2 heteroatoms. The lowest BCUT2D eigenvalue weighted by molar-refractivity contribution is 0.978. The van der Waals surface area contributed by atoms with Gasteiger partial charge in [-0.05, 0) is 12.8 Å². The second-order valence-corrected chi connectivity index (χ2v) is 2.51. The first kappa shape index (κ1) is 5.76. The van der Waals surface area contributed by atoms with Gasteiger partial charge in [-0.15, -0.1) is 11.3 Å². The van der Waals surface area contributed by atoms with Crippen LogP contribution < -0.4 is 0 Å². The molecule has 1 radical (unpaired) electrons. The first-order valence-electron chi connectivity index (χ1n) is 2.61. The van der Waals surface area contributed by atoms with Gasteiger partial charge >= 0.3 is 0 Å². The predicted molar refractivity (Wildman–Crippen MR) is 35.8 cm³/mol. The molecule has 0 amide bonds. The summed E-state index contributed by atoms with van der Waals surface area (Å²) in [6, 6.07) is 0. The molecule has 0 aliphatic carbocycles. The van der Waals surface area contributed by atoms with Crippen molar-refractivity contribution in [1.29, 1.82) is 0 Å². The molecule has 0 spiro atoms. The Morgan fingerprint density at radius 2 is 2.62 bits per heavy atom. The Morgan fingerprint density at radius 1 is 1.75 bits per heavy atom. The summed E-state index contributed by atoms with van der Waals surface area (Å²) in [6.07, 6.45) is 3.81. The summed E-state index contributed by atoms with van der Waals surface area (Å²) in [7, 11) is 0. The van der Waals surface area contributed by atoms with Crippen molar-refractivity contribution < 1.29 is 0 Å². The second-order valence-electron chi connectivity index (χ2n) is 1.53. The molecular formula is C6H8NS. The molecule has 0 aliphatic heterocycles. The first-order chi connectivity index (χ1) is 3.93. The van der Waals surface area contributed by atoms with Gasteiger partial charge in [0.2, 0.25) is 0 Å². The van der Waals surface area contributed by atoms with E-state index in [-0.39, 0.29) is 0 Å². The summed E-state index contributed by atoms with van der Waals surface area (Å²) >= 11 is 1.70. The summed E-state index contributed by atoms with van der Waals surface area (Å²) in [6.45, 7) is 3.73. The highest BCUT2D eigenvalue weighted by atomic mass is 32.1. The molecule has 0 bridgehead atoms. The Balaban J connectivity index is 2.50. The van der Waals surface area contributed by atoms with Crippen LogP contribution >= 0.6 is 11.3 Å². The SMILES string of the molecule is [CH2]CCc1nccs1. The number of rotatable bonds is 2. The van der Waals surface area contributed by atoms with Gasteiger partial charge in [-0.2, -0.15) is 0 Å². The molecule has 43 valence electrons.